The van der Waals surface area contributed by atoms with Gasteiger partial charge in [-0.3, -0.25) is 18.5 Å². The number of hydrogen-bond donors (Lipinski definition) is 9. The number of nitriles is 2. The molecule has 0 bridgehead atoms. The third-order valence-electron chi connectivity index (χ3n) is 7.38. The van der Waals surface area contributed by atoms with Gasteiger partial charge in [0.25, 0.3) is 5.56 Å². The van der Waals surface area contributed by atoms with Crippen LogP contribution in [0.5, 0.6) is 0 Å². The molecule has 2 saturated heterocycles. The molecule has 50 heavy (non-hydrogen) atoms. The molecule has 11 N–H and O–H groups in total. The zero-order valence-electron chi connectivity index (χ0n) is 25.7. The van der Waals surface area contributed by atoms with E-state index in [1.807, 2.05) is 6.07 Å². The number of aromatic nitrogens is 3. The van der Waals surface area contributed by atoms with Crippen molar-refractivity contribution in [2.75, 3.05) is 24.7 Å². The number of aliphatic hydroxyl groups excluding tert-OH is 3. The molecule has 27 heteroatoms. The smallest absolute Gasteiger partial charge is 0.399 e. The van der Waals surface area contributed by atoms with Gasteiger partial charge in [-0.05, 0) is 26.0 Å². The van der Waals surface area contributed by atoms with Crippen LogP contribution in [-0.4, -0.2) is 86.6 Å². The number of pyridine rings is 1. The van der Waals surface area contributed by atoms with Crippen molar-refractivity contribution in [1.82, 2.24) is 14.1 Å². The monoisotopic (exact) mass is 771 g/mol. The van der Waals surface area contributed by atoms with Crippen LogP contribution >= 0.6 is 23.5 Å². The molecule has 2 aliphatic rings. The van der Waals surface area contributed by atoms with E-state index in [1.165, 1.54) is 42.8 Å². The van der Waals surface area contributed by atoms with E-state index in [2.05, 4.69) is 18.1 Å². The van der Waals surface area contributed by atoms with Crippen LogP contribution in [0, 0.1) is 33.5 Å². The van der Waals surface area contributed by atoms with E-state index in [0.717, 1.165) is 10.8 Å². The molecule has 276 valence electrons. The molecule has 24 nitrogen and oxygen atoms in total. The number of phosphoric ester groups is 1. The van der Waals surface area contributed by atoms with Crippen molar-refractivity contribution in [1.29, 1.82) is 10.5 Å². The molecule has 0 amide bonds. The lowest BCUT2D eigenvalue weighted by atomic mass is 9.84. The van der Waals surface area contributed by atoms with E-state index >= 15 is 0 Å². The first-order valence-electron chi connectivity index (χ1n) is 13.6. The summed E-state index contributed by atoms with van der Waals surface area (Å²) in [6, 6.07) is 7.66. The highest BCUT2D eigenvalue weighted by Crippen LogP contribution is 2.66. The molecule has 4 rings (SSSR count). The predicted molar refractivity (Wildman–Crippen MR) is 162 cm³/mol. The normalized spacial score (nSPS) is 31.7. The molecule has 0 spiro atoms. The number of ether oxygens (including phenoxy) is 2. The van der Waals surface area contributed by atoms with Crippen molar-refractivity contribution in [2.24, 2.45) is 10.8 Å². The second kappa shape index (κ2) is 15.1. The summed E-state index contributed by atoms with van der Waals surface area (Å²) in [5.41, 5.74) is 6.72. The van der Waals surface area contributed by atoms with Crippen LogP contribution in [0.25, 0.3) is 0 Å². The standard InChI is InChI=1S/C12H15N3O4.C11H17N4O13P3/c1-12(6-13)10(18)8(5-16)19-11(12)15-3-2-7(14)4-9(15)17;1-11(5-12)8(16)6(26-9(11)15-3-2-7(13)14-10(15)17)4-25-30(21,22)28-31(23,24)27-29(18,19)20/h2-4,8,10-11,16,18H,5,14H2,1H3;2-3,6,8-9,16H,4H2,1H3,(H,21,22)(H,23,24)(H2,13,14,17)(H2,18,19,20)/t8-,10-,11-,12-;6-,8-,9-,11-/m11/s1. The maximum Gasteiger partial charge on any atom is 0.490 e. The number of nitrogen functional groups attached to an aromatic ring is 2. The van der Waals surface area contributed by atoms with E-state index < -0.39 is 95.6 Å². The SMILES string of the molecule is C[C@@]1(C#N)[C@H](O)[C@@H](CO)O[C@H]1n1ccc(N)cc1=O.C[C@@]1(C#N)[C@H](O)[C@@H](COP(=O)(O)OP(=O)(O)OP(=O)(O)O)O[C@H]1n1ccc(N)nc1=O. The Labute approximate surface area is 280 Å². The number of nitrogens with zero attached hydrogens (tertiary/aromatic N) is 5. The fourth-order valence-corrected chi connectivity index (χ4v) is 7.86. The molecular weight excluding hydrogens is 739 g/mol. The second-order valence-electron chi connectivity index (χ2n) is 11.0. The summed E-state index contributed by atoms with van der Waals surface area (Å²) in [5, 5.41) is 48.4. The number of nitrogens with two attached hydrogens (primary N) is 2. The van der Waals surface area contributed by atoms with Gasteiger partial charge in [-0.2, -0.15) is 24.1 Å². The molecule has 4 heterocycles. The van der Waals surface area contributed by atoms with Crippen LogP contribution in [0.15, 0.2) is 40.2 Å². The van der Waals surface area contributed by atoms with Crippen LogP contribution in [0.2, 0.25) is 0 Å². The number of hydrogen-bond acceptors (Lipinski definition) is 18. The minimum absolute atomic E-state index is 0.123. The zero-order chi connectivity index (χ0) is 38.0. The Hall–Kier alpha value is -3.38. The Morgan fingerprint density at radius 1 is 0.900 bits per heavy atom. The van der Waals surface area contributed by atoms with Crippen molar-refractivity contribution in [3.8, 4) is 12.1 Å². The summed E-state index contributed by atoms with van der Waals surface area (Å²) in [6.07, 6.45) is -5.20. The van der Waals surface area contributed by atoms with Crippen LogP contribution in [0.1, 0.15) is 26.3 Å². The van der Waals surface area contributed by atoms with E-state index in [0.29, 0.717) is 5.69 Å². The van der Waals surface area contributed by atoms with Gasteiger partial charge in [0.15, 0.2) is 12.5 Å². The van der Waals surface area contributed by atoms with E-state index in [4.69, 9.17) is 40.7 Å². The summed E-state index contributed by atoms with van der Waals surface area (Å²) >= 11 is 0. The van der Waals surface area contributed by atoms with E-state index in [-0.39, 0.29) is 5.82 Å². The first kappa shape index (κ1) is 41.0. The molecule has 2 aliphatic heterocycles. The van der Waals surface area contributed by atoms with Crippen molar-refractivity contribution >= 4 is 35.0 Å². The Bertz CT molecular complexity index is 1930. The average molecular weight is 771 g/mol. The highest BCUT2D eigenvalue weighted by molar-refractivity contribution is 7.66. The molecule has 2 unspecified atom stereocenters. The summed E-state index contributed by atoms with van der Waals surface area (Å²) in [6.45, 7) is 1.26. The first-order chi connectivity index (χ1) is 22.9. The summed E-state index contributed by atoms with van der Waals surface area (Å²) in [5.74, 6) is -0.123. The number of aliphatic hydroxyl groups is 3. The van der Waals surface area contributed by atoms with E-state index in [9.17, 15) is 48.9 Å². The number of anilines is 2. The molecule has 2 aromatic heterocycles. The minimum atomic E-state index is -5.74. The van der Waals surface area contributed by atoms with Gasteiger partial charge in [0.1, 0.15) is 41.1 Å². The molecular formula is C23H32N7O17P3. The molecule has 2 aromatic rings. The molecule has 0 radical (unpaired) electrons. The largest absolute Gasteiger partial charge is 0.490 e. The lowest BCUT2D eigenvalue weighted by Crippen LogP contribution is -2.39. The first-order valence-corrected chi connectivity index (χ1v) is 18.2. The quantitative estimate of drug-likeness (QED) is 0.120. The van der Waals surface area contributed by atoms with Crippen LogP contribution in [0.3, 0.4) is 0 Å². The zero-order valence-corrected chi connectivity index (χ0v) is 28.4. The fourth-order valence-electron chi connectivity index (χ4n) is 4.83. The van der Waals surface area contributed by atoms with Gasteiger partial charge in [-0.1, -0.05) is 0 Å². The van der Waals surface area contributed by atoms with Crippen LogP contribution in [0.4, 0.5) is 11.5 Å². The Balaban J connectivity index is 0.000000303. The van der Waals surface area contributed by atoms with Crippen molar-refractivity contribution in [3.05, 3.63) is 51.4 Å². The molecule has 0 saturated carbocycles. The molecule has 0 aliphatic carbocycles. The van der Waals surface area contributed by atoms with Crippen LogP contribution < -0.4 is 22.7 Å². The van der Waals surface area contributed by atoms with Crippen molar-refractivity contribution in [3.63, 3.8) is 0 Å². The fraction of sp³-hybridized carbons (Fsp3) is 0.522. The van der Waals surface area contributed by atoms with Gasteiger partial charge in [0.2, 0.25) is 0 Å². The molecule has 10 atom stereocenters. The Kier molecular flexibility index (Phi) is 12.4. The average Bonchev–Trinajstić information content (AvgIpc) is 3.39. The third kappa shape index (κ3) is 9.09. The maximum atomic E-state index is 12.1. The summed E-state index contributed by atoms with van der Waals surface area (Å²) in [4.78, 5) is 63.0. The summed E-state index contributed by atoms with van der Waals surface area (Å²) in [7, 11) is -16.8. The Morgan fingerprint density at radius 3 is 1.92 bits per heavy atom. The van der Waals surface area contributed by atoms with E-state index in [1.54, 1.807) is 6.07 Å². The second-order valence-corrected chi connectivity index (χ2v) is 15.5. The third-order valence-corrected chi connectivity index (χ3v) is 11.2. The van der Waals surface area contributed by atoms with Crippen LogP contribution in [-0.2, 0) is 36.3 Å². The number of rotatable bonds is 10. The van der Waals surface area contributed by atoms with Crippen molar-refractivity contribution < 1.29 is 71.2 Å². The van der Waals surface area contributed by atoms with Gasteiger partial charge in [0, 0.05) is 24.1 Å². The highest BCUT2D eigenvalue weighted by Gasteiger charge is 2.56. The molecule has 0 aromatic carbocycles. The molecule has 2 fully saturated rings. The van der Waals surface area contributed by atoms with Crippen molar-refractivity contribution in [2.45, 2.75) is 50.7 Å². The highest BCUT2D eigenvalue weighted by atomic mass is 31.3. The summed E-state index contributed by atoms with van der Waals surface area (Å²) < 4.78 is 58.2. The van der Waals surface area contributed by atoms with Gasteiger partial charge >= 0.3 is 29.2 Å². The van der Waals surface area contributed by atoms with Gasteiger partial charge in [-0.15, -0.1) is 0 Å². The van der Waals surface area contributed by atoms with Gasteiger partial charge in [0.05, 0.1) is 25.4 Å². The topological polar surface area (TPSA) is 395 Å². The van der Waals surface area contributed by atoms with Gasteiger partial charge < -0.3 is 55.8 Å². The lowest BCUT2D eigenvalue weighted by Gasteiger charge is -2.26. The number of phosphoric acid groups is 3. The lowest BCUT2D eigenvalue weighted by molar-refractivity contribution is -0.0498. The predicted octanol–water partition coefficient (Wildman–Crippen LogP) is -1.83. The van der Waals surface area contributed by atoms with Gasteiger partial charge in [-0.25, -0.2) is 18.5 Å². The maximum absolute atomic E-state index is 12.1. The minimum Gasteiger partial charge on any atom is -0.399 e. The Morgan fingerprint density at radius 2 is 1.42 bits per heavy atom.